The Morgan fingerprint density at radius 1 is 1.39 bits per heavy atom. The summed E-state index contributed by atoms with van der Waals surface area (Å²) in [7, 11) is 1.24. The fraction of sp³-hybridized carbons (Fsp3) is 0.273. The first kappa shape index (κ1) is 26.7. The number of β-lactam (4-membered cyclic amide) rings is 1. The van der Waals surface area contributed by atoms with Crippen LogP contribution >= 0.6 is 23.3 Å². The molecule has 16 heteroatoms. The third kappa shape index (κ3) is 5.65. The number of carboxylic acid groups (broad SMARTS) is 2. The Bertz CT molecular complexity index is 1390. The lowest BCUT2D eigenvalue weighted by Crippen LogP contribution is -2.71. The van der Waals surface area contributed by atoms with Gasteiger partial charge in [-0.15, -0.1) is 11.8 Å². The lowest BCUT2D eigenvalue weighted by molar-refractivity contribution is -0.687. The number of fused-ring (bicyclic) bond motifs is 1. The lowest BCUT2D eigenvalue weighted by Gasteiger charge is -2.49. The molecule has 2 aromatic heterocycles. The Morgan fingerprint density at radius 3 is 2.84 bits per heavy atom. The van der Waals surface area contributed by atoms with Gasteiger partial charge in [-0.2, -0.15) is 9.36 Å². The van der Waals surface area contributed by atoms with Crippen LogP contribution in [-0.4, -0.2) is 78.2 Å². The van der Waals surface area contributed by atoms with E-state index in [4.69, 9.17) is 15.7 Å². The van der Waals surface area contributed by atoms with Crippen LogP contribution in [0, 0.1) is 0 Å². The monoisotopic (exact) mass is 560 g/mol. The Hall–Kier alpha value is -4.31. The van der Waals surface area contributed by atoms with Crippen molar-refractivity contribution in [3.8, 4) is 0 Å². The number of thioether (sulfide) groups is 1. The number of anilines is 1. The molecule has 0 saturated carbocycles. The highest BCUT2D eigenvalue weighted by molar-refractivity contribution is 8.00. The van der Waals surface area contributed by atoms with Gasteiger partial charge in [-0.05, 0) is 17.7 Å². The minimum atomic E-state index is -1.27. The number of amides is 2. The van der Waals surface area contributed by atoms with Crippen LogP contribution in [0.15, 0.2) is 53.1 Å². The van der Waals surface area contributed by atoms with Crippen molar-refractivity contribution in [3.05, 3.63) is 59.3 Å². The van der Waals surface area contributed by atoms with Crippen molar-refractivity contribution in [3.63, 3.8) is 0 Å². The Balaban J connectivity index is 1.47. The van der Waals surface area contributed by atoms with Gasteiger partial charge in [-0.25, -0.2) is 9.36 Å². The van der Waals surface area contributed by atoms with Crippen LogP contribution in [0.2, 0.25) is 0 Å². The predicted octanol–water partition coefficient (Wildman–Crippen LogP) is -0.620. The molecule has 5 N–H and O–H groups in total. The van der Waals surface area contributed by atoms with Crippen LogP contribution in [0.5, 0.6) is 0 Å². The van der Waals surface area contributed by atoms with Crippen molar-refractivity contribution in [2.24, 2.45) is 5.16 Å². The minimum absolute atomic E-state index is 0.0586. The predicted molar refractivity (Wildman–Crippen MR) is 135 cm³/mol. The number of nitrogen functional groups attached to an aromatic ring is 1. The van der Waals surface area contributed by atoms with Gasteiger partial charge in [-0.1, -0.05) is 11.2 Å². The van der Waals surface area contributed by atoms with Crippen molar-refractivity contribution >= 4 is 57.9 Å². The van der Waals surface area contributed by atoms with Gasteiger partial charge in [0, 0.05) is 28.9 Å². The summed E-state index contributed by atoms with van der Waals surface area (Å²) in [4.78, 5) is 58.5. The quantitative estimate of drug-likeness (QED) is 0.125. The number of carbonyl (C=O) groups is 4. The Morgan fingerprint density at radius 2 is 2.18 bits per heavy atom. The topological polar surface area (TPSA) is 201 Å². The molecule has 1 saturated heterocycles. The fourth-order valence-electron chi connectivity index (χ4n) is 3.87. The van der Waals surface area contributed by atoms with Gasteiger partial charge in [0.1, 0.15) is 24.2 Å². The Kier molecular flexibility index (Phi) is 8.02. The maximum Gasteiger partial charge on any atom is 0.352 e. The van der Waals surface area contributed by atoms with Crippen molar-refractivity contribution in [1.29, 1.82) is 0 Å². The average Bonchev–Trinajstić information content (AvgIpc) is 3.30. The highest BCUT2D eigenvalue weighted by Crippen LogP contribution is 2.40. The molecule has 0 spiro atoms. The number of nitrogens with two attached hydrogens (primary N) is 1. The van der Waals surface area contributed by atoms with Crippen LogP contribution in [0.4, 0.5) is 5.13 Å². The third-order valence-corrected chi connectivity index (χ3v) is 7.29. The highest BCUT2D eigenvalue weighted by Gasteiger charge is 2.54. The molecule has 2 aliphatic heterocycles. The van der Waals surface area contributed by atoms with Gasteiger partial charge in [0.25, 0.3) is 11.8 Å². The van der Waals surface area contributed by atoms with E-state index in [0.717, 1.165) is 16.4 Å². The van der Waals surface area contributed by atoms with E-state index in [2.05, 4.69) is 19.8 Å². The zero-order valence-electron chi connectivity index (χ0n) is 19.8. The molecule has 0 radical (unpaired) electrons. The molecule has 38 heavy (non-hydrogen) atoms. The molecular formula is C22H22N7O7S2+. The van der Waals surface area contributed by atoms with Gasteiger partial charge in [0.2, 0.25) is 11.5 Å². The van der Waals surface area contributed by atoms with Crippen LogP contribution in [0.3, 0.4) is 0 Å². The second kappa shape index (κ2) is 11.4. The van der Waals surface area contributed by atoms with Gasteiger partial charge in [-0.3, -0.25) is 19.3 Å². The summed E-state index contributed by atoms with van der Waals surface area (Å²) in [5.41, 5.74) is 6.20. The third-order valence-electron chi connectivity index (χ3n) is 5.45. The van der Waals surface area contributed by atoms with E-state index in [9.17, 15) is 24.3 Å². The first-order valence-corrected chi connectivity index (χ1v) is 12.8. The van der Waals surface area contributed by atoms with E-state index >= 15 is 0 Å². The maximum absolute atomic E-state index is 12.9. The molecule has 2 amide bonds. The fourth-order valence-corrected chi connectivity index (χ4v) is 5.63. The molecule has 198 valence electrons. The van der Waals surface area contributed by atoms with Crippen LogP contribution in [-0.2, 0) is 37.0 Å². The molecule has 1 fully saturated rings. The zero-order chi connectivity index (χ0) is 27.4. The smallest absolute Gasteiger partial charge is 0.352 e. The van der Waals surface area contributed by atoms with E-state index < -0.39 is 35.2 Å². The Labute approximate surface area is 223 Å². The van der Waals surface area contributed by atoms with Crippen LogP contribution in [0.1, 0.15) is 11.4 Å². The number of carbonyl (C=O) groups excluding carboxylic acids is 2. The van der Waals surface area contributed by atoms with Crippen molar-refractivity contribution in [1.82, 2.24) is 19.6 Å². The van der Waals surface area contributed by atoms with Crippen molar-refractivity contribution < 1.29 is 38.8 Å². The maximum atomic E-state index is 12.9. The second-order valence-electron chi connectivity index (χ2n) is 8.00. The van der Waals surface area contributed by atoms with Gasteiger partial charge in [0.05, 0.1) is 6.42 Å². The van der Waals surface area contributed by atoms with E-state index in [0.29, 0.717) is 17.7 Å². The molecule has 0 bridgehead atoms. The summed E-state index contributed by atoms with van der Waals surface area (Å²) >= 11 is 2.17. The van der Waals surface area contributed by atoms with Gasteiger partial charge < -0.3 is 26.1 Å². The number of aliphatic carboxylic acids is 2. The molecule has 1 unspecified atom stereocenters. The zero-order valence-corrected chi connectivity index (χ0v) is 21.4. The molecule has 2 atom stereocenters. The normalized spacial score (nSPS) is 19.2. The number of hydrogen-bond donors (Lipinski definition) is 4. The number of nitrogens with zero attached hydrogens (tertiary/aromatic N) is 5. The molecule has 0 aromatic carbocycles. The van der Waals surface area contributed by atoms with Crippen LogP contribution in [0.25, 0.3) is 0 Å². The number of nitrogens with one attached hydrogen (secondary N) is 1. The SMILES string of the molecule is CO/N=C(\C(=O)NC1C(=O)N2C(C(=O)O)=C(/C=C\C[n+]3cccc(CC(=O)O)c3)CS[C@H]12)c1nsc(N)n1. The number of allylic oxidation sites excluding steroid dienone is 2. The summed E-state index contributed by atoms with van der Waals surface area (Å²) in [6, 6.07) is 2.44. The van der Waals surface area contributed by atoms with Crippen molar-refractivity contribution in [2.45, 2.75) is 24.4 Å². The summed E-state index contributed by atoms with van der Waals surface area (Å²) in [6.07, 6.45) is 6.70. The molecular weight excluding hydrogens is 538 g/mol. The first-order valence-electron chi connectivity index (χ1n) is 11.0. The number of oxime groups is 1. The summed E-state index contributed by atoms with van der Waals surface area (Å²) in [5, 5.41) is 24.5. The van der Waals surface area contributed by atoms with Crippen molar-refractivity contribution in [2.75, 3.05) is 18.6 Å². The molecule has 2 aliphatic rings. The standard InChI is InChI=1S/C22H21N7O7S2/c1-36-26-14(17-25-22(23)38-27-17)18(32)24-15-19(33)29-16(21(34)35)12(10-37-20(15)29)5-3-7-28-6-2-4-11(9-28)8-13(30)31/h2-6,9,15,20H,7-8,10H2,1H3,(H4-,23,24,25,27,30,31,32,34,35)/p+1/b5-3-,26-14-/t15?,20-/m1/s1. The number of carboxylic acids is 2. The average molecular weight is 561 g/mol. The number of rotatable bonds is 10. The van der Waals surface area contributed by atoms with E-state index in [-0.39, 0.29) is 34.5 Å². The summed E-state index contributed by atoms with van der Waals surface area (Å²) in [6.45, 7) is 0.362. The van der Waals surface area contributed by atoms with E-state index in [1.165, 1.54) is 18.9 Å². The van der Waals surface area contributed by atoms with Crippen LogP contribution < -0.4 is 15.6 Å². The van der Waals surface area contributed by atoms with E-state index in [1.54, 1.807) is 41.2 Å². The summed E-state index contributed by atoms with van der Waals surface area (Å²) < 4.78 is 5.70. The number of pyridine rings is 1. The van der Waals surface area contributed by atoms with E-state index in [1.807, 2.05) is 0 Å². The second-order valence-corrected chi connectivity index (χ2v) is 9.89. The summed E-state index contributed by atoms with van der Waals surface area (Å²) in [5.74, 6) is -3.34. The largest absolute Gasteiger partial charge is 0.481 e. The molecule has 0 aliphatic carbocycles. The number of hydrogen-bond acceptors (Lipinski definition) is 11. The first-order chi connectivity index (χ1) is 18.2. The van der Waals surface area contributed by atoms with Gasteiger partial charge >= 0.3 is 11.9 Å². The minimum Gasteiger partial charge on any atom is -0.481 e. The number of aromatic nitrogens is 3. The molecule has 2 aromatic rings. The highest BCUT2D eigenvalue weighted by atomic mass is 32.2. The molecule has 14 nitrogen and oxygen atoms in total. The van der Waals surface area contributed by atoms with Gasteiger partial charge in [0.15, 0.2) is 24.1 Å². The lowest BCUT2D eigenvalue weighted by atomic mass is 10.0. The molecule has 4 rings (SSSR count). The molecule has 4 heterocycles.